The van der Waals surface area contributed by atoms with Crippen LogP contribution in [0.15, 0.2) is 36.9 Å². The predicted molar refractivity (Wildman–Crippen MR) is 64.8 cm³/mol. The highest BCUT2D eigenvalue weighted by Crippen LogP contribution is 2.31. The van der Waals surface area contributed by atoms with Gasteiger partial charge >= 0.3 is 6.18 Å². The molecule has 0 aliphatic carbocycles. The molecule has 2 rings (SSSR count). The molecule has 0 bridgehead atoms. The molecule has 2 aromatic rings. The number of rotatable bonds is 4. The van der Waals surface area contributed by atoms with Crippen molar-refractivity contribution in [1.29, 1.82) is 0 Å². The highest BCUT2D eigenvalue weighted by molar-refractivity contribution is 5.83. The Labute approximate surface area is 107 Å². The average Bonchev–Trinajstić information content (AvgIpc) is 2.37. The maximum atomic E-state index is 12.7. The largest absolute Gasteiger partial charge is 0.477 e. The molecule has 0 aliphatic rings. The van der Waals surface area contributed by atoms with Crippen LogP contribution in [-0.4, -0.2) is 16.6 Å². The molecule has 0 radical (unpaired) electrons. The molecule has 1 aromatic carbocycles. The zero-order valence-corrected chi connectivity index (χ0v) is 9.94. The van der Waals surface area contributed by atoms with E-state index in [-0.39, 0.29) is 18.0 Å². The molecule has 0 N–H and O–H groups in total. The first kappa shape index (κ1) is 13.3. The van der Waals surface area contributed by atoms with Crippen molar-refractivity contribution in [2.75, 3.05) is 6.61 Å². The van der Waals surface area contributed by atoms with Gasteiger partial charge in [0, 0.05) is 0 Å². The fourth-order valence-corrected chi connectivity index (χ4v) is 1.52. The number of ether oxygens (including phenoxy) is 1. The first-order valence-corrected chi connectivity index (χ1v) is 5.60. The molecule has 0 amide bonds. The maximum absolute atomic E-state index is 12.7. The average molecular weight is 268 g/mol. The van der Waals surface area contributed by atoms with Crippen LogP contribution in [0.1, 0.15) is 12.2 Å². The second-order valence-corrected chi connectivity index (χ2v) is 3.79. The normalized spacial score (nSPS) is 11.5. The highest BCUT2D eigenvalue weighted by Gasteiger charge is 2.35. The Bertz CT molecular complexity index is 596. The first-order chi connectivity index (χ1) is 9.02. The van der Waals surface area contributed by atoms with Crippen molar-refractivity contribution in [3.63, 3.8) is 0 Å². The van der Waals surface area contributed by atoms with E-state index in [0.717, 1.165) is 0 Å². The monoisotopic (exact) mass is 268 g/mol. The molecule has 3 nitrogen and oxygen atoms in total. The van der Waals surface area contributed by atoms with Crippen molar-refractivity contribution in [3.05, 3.63) is 42.7 Å². The van der Waals surface area contributed by atoms with Crippen LogP contribution in [0.3, 0.4) is 0 Å². The standard InChI is InChI=1S/C13H11F3N2O/c1-2-3-8-19-11-9-6-4-5-7-10(9)17-12(18-11)13(14,15)16/h2,4-7H,1,3,8H2. The smallest absolute Gasteiger partial charge is 0.451 e. The van der Waals surface area contributed by atoms with Crippen LogP contribution in [-0.2, 0) is 6.18 Å². The quantitative estimate of drug-likeness (QED) is 0.627. The summed E-state index contributed by atoms with van der Waals surface area (Å²) in [7, 11) is 0. The second kappa shape index (κ2) is 5.26. The molecule has 19 heavy (non-hydrogen) atoms. The number of alkyl halides is 3. The van der Waals surface area contributed by atoms with Crippen molar-refractivity contribution in [2.24, 2.45) is 0 Å². The van der Waals surface area contributed by atoms with Crippen LogP contribution >= 0.6 is 0 Å². The van der Waals surface area contributed by atoms with Crippen molar-refractivity contribution >= 4 is 10.9 Å². The fraction of sp³-hybridized carbons (Fsp3) is 0.231. The Kier molecular flexibility index (Phi) is 3.69. The third-order valence-electron chi connectivity index (χ3n) is 2.38. The summed E-state index contributed by atoms with van der Waals surface area (Å²) in [5.41, 5.74) is 0.207. The Morgan fingerprint density at radius 3 is 2.63 bits per heavy atom. The van der Waals surface area contributed by atoms with Crippen LogP contribution in [0.25, 0.3) is 10.9 Å². The van der Waals surface area contributed by atoms with E-state index in [2.05, 4.69) is 16.5 Å². The number of para-hydroxylation sites is 1. The molecule has 0 atom stereocenters. The van der Waals surface area contributed by atoms with Gasteiger partial charge in [-0.3, -0.25) is 0 Å². The van der Waals surface area contributed by atoms with E-state index in [1.807, 2.05) is 0 Å². The van der Waals surface area contributed by atoms with Crippen LogP contribution in [0, 0.1) is 0 Å². The van der Waals surface area contributed by atoms with Crippen molar-refractivity contribution < 1.29 is 17.9 Å². The molecule has 0 saturated heterocycles. The topological polar surface area (TPSA) is 35.0 Å². The van der Waals surface area contributed by atoms with E-state index in [1.54, 1.807) is 24.3 Å². The zero-order valence-electron chi connectivity index (χ0n) is 9.94. The van der Waals surface area contributed by atoms with Crippen molar-refractivity contribution in [1.82, 2.24) is 9.97 Å². The van der Waals surface area contributed by atoms with Crippen LogP contribution in [0.2, 0.25) is 0 Å². The SMILES string of the molecule is C=CCCOc1nc(C(F)(F)F)nc2ccccc12. The van der Waals surface area contributed by atoms with E-state index in [0.29, 0.717) is 11.8 Å². The van der Waals surface area contributed by atoms with Gasteiger partial charge < -0.3 is 4.74 Å². The van der Waals surface area contributed by atoms with E-state index in [9.17, 15) is 13.2 Å². The number of hydrogen-bond donors (Lipinski definition) is 0. The predicted octanol–water partition coefficient (Wildman–Crippen LogP) is 3.60. The van der Waals surface area contributed by atoms with E-state index >= 15 is 0 Å². The molecule has 100 valence electrons. The van der Waals surface area contributed by atoms with Gasteiger partial charge in [0.15, 0.2) is 0 Å². The summed E-state index contributed by atoms with van der Waals surface area (Å²) in [6.45, 7) is 3.74. The fourth-order valence-electron chi connectivity index (χ4n) is 1.52. The number of halogens is 3. The summed E-state index contributed by atoms with van der Waals surface area (Å²) >= 11 is 0. The van der Waals surface area contributed by atoms with Crippen molar-refractivity contribution in [2.45, 2.75) is 12.6 Å². The number of nitrogens with zero attached hydrogens (tertiary/aromatic N) is 2. The third-order valence-corrected chi connectivity index (χ3v) is 2.38. The maximum Gasteiger partial charge on any atom is 0.451 e. The Morgan fingerprint density at radius 2 is 1.95 bits per heavy atom. The molecule has 0 aliphatic heterocycles. The Morgan fingerprint density at radius 1 is 1.21 bits per heavy atom. The van der Waals surface area contributed by atoms with Gasteiger partial charge in [0.2, 0.25) is 11.7 Å². The number of hydrogen-bond acceptors (Lipinski definition) is 3. The van der Waals surface area contributed by atoms with Gasteiger partial charge in [-0.1, -0.05) is 18.2 Å². The van der Waals surface area contributed by atoms with Gasteiger partial charge in [0.05, 0.1) is 17.5 Å². The molecular formula is C13H11F3N2O. The lowest BCUT2D eigenvalue weighted by atomic mass is 10.2. The number of benzene rings is 1. The van der Waals surface area contributed by atoms with Crippen molar-refractivity contribution in [3.8, 4) is 5.88 Å². The van der Waals surface area contributed by atoms with E-state index in [1.165, 1.54) is 6.07 Å². The minimum absolute atomic E-state index is 0.0558. The summed E-state index contributed by atoms with van der Waals surface area (Å²) in [5.74, 6) is -1.25. The summed E-state index contributed by atoms with van der Waals surface area (Å²) < 4.78 is 43.3. The number of aromatic nitrogens is 2. The van der Waals surface area contributed by atoms with E-state index < -0.39 is 12.0 Å². The lowest BCUT2D eigenvalue weighted by Crippen LogP contribution is -2.12. The second-order valence-electron chi connectivity index (χ2n) is 3.79. The molecule has 0 fully saturated rings. The lowest BCUT2D eigenvalue weighted by Gasteiger charge is -2.11. The molecular weight excluding hydrogens is 257 g/mol. The highest BCUT2D eigenvalue weighted by atomic mass is 19.4. The van der Waals surface area contributed by atoms with Gasteiger partial charge in [-0.2, -0.15) is 18.2 Å². The summed E-state index contributed by atoms with van der Waals surface area (Å²) in [6.07, 6.45) is -2.45. The van der Waals surface area contributed by atoms with Gasteiger partial charge in [-0.05, 0) is 18.6 Å². The summed E-state index contributed by atoms with van der Waals surface area (Å²) in [6, 6.07) is 6.42. The van der Waals surface area contributed by atoms with Gasteiger partial charge in [0.25, 0.3) is 0 Å². The van der Waals surface area contributed by atoms with Gasteiger partial charge in [0.1, 0.15) is 0 Å². The van der Waals surface area contributed by atoms with Gasteiger partial charge in [-0.15, -0.1) is 6.58 Å². The van der Waals surface area contributed by atoms with Gasteiger partial charge in [-0.25, -0.2) is 4.98 Å². The molecule has 0 saturated carbocycles. The zero-order chi connectivity index (χ0) is 13.9. The first-order valence-electron chi connectivity index (χ1n) is 5.60. The van der Waals surface area contributed by atoms with Crippen LogP contribution in [0.5, 0.6) is 5.88 Å². The van der Waals surface area contributed by atoms with E-state index in [4.69, 9.17) is 4.74 Å². The minimum Gasteiger partial charge on any atom is -0.477 e. The minimum atomic E-state index is -4.60. The molecule has 1 aromatic heterocycles. The summed E-state index contributed by atoms with van der Waals surface area (Å²) in [4.78, 5) is 6.95. The van der Waals surface area contributed by atoms with Crippen LogP contribution < -0.4 is 4.74 Å². The Hall–Kier alpha value is -2.11. The third kappa shape index (κ3) is 3.01. The molecule has 6 heteroatoms. The Balaban J connectivity index is 2.48. The molecule has 0 spiro atoms. The molecule has 1 heterocycles. The number of fused-ring (bicyclic) bond motifs is 1. The summed E-state index contributed by atoms with van der Waals surface area (Å²) in [5, 5.41) is 0.458. The lowest BCUT2D eigenvalue weighted by molar-refractivity contribution is -0.145. The van der Waals surface area contributed by atoms with Crippen LogP contribution in [0.4, 0.5) is 13.2 Å². The molecule has 0 unspecified atom stereocenters.